The van der Waals surface area contributed by atoms with Gasteiger partial charge in [-0.25, -0.2) is 0 Å². The first-order valence-corrected chi connectivity index (χ1v) is 3.68. The van der Waals surface area contributed by atoms with Crippen LogP contribution in [0.5, 0.6) is 0 Å². The molecule has 1 atom stereocenters. The second-order valence-corrected chi connectivity index (χ2v) is 3.38. The molecule has 0 aromatic heterocycles. The highest BCUT2D eigenvalue weighted by atomic mass is 16.4. The summed E-state index contributed by atoms with van der Waals surface area (Å²) in [6, 6.07) is 0. The van der Waals surface area contributed by atoms with Gasteiger partial charge in [0, 0.05) is 13.1 Å². The molecule has 1 heterocycles. The molecule has 2 N–H and O–H groups in total. The van der Waals surface area contributed by atoms with E-state index in [-0.39, 0.29) is 11.3 Å². The van der Waals surface area contributed by atoms with Crippen LogP contribution in [0, 0.1) is 11.3 Å². The largest absolute Gasteiger partial charge is 0.481 e. The molecular weight excluding hydrogens is 130 g/mol. The molecule has 3 nitrogen and oxygen atoms in total. The van der Waals surface area contributed by atoms with Crippen LogP contribution in [0.25, 0.3) is 0 Å². The predicted molar refractivity (Wildman–Crippen MR) is 35.7 cm³/mol. The summed E-state index contributed by atoms with van der Waals surface area (Å²) in [5, 5.41) is 11.9. The van der Waals surface area contributed by atoms with Gasteiger partial charge in [0.2, 0.25) is 0 Å². The highest BCUT2D eigenvalue weighted by molar-refractivity contribution is 5.72. The van der Waals surface area contributed by atoms with Gasteiger partial charge in [-0.15, -0.1) is 0 Å². The fourth-order valence-corrected chi connectivity index (χ4v) is 1.84. The third kappa shape index (κ3) is 0.669. The molecule has 1 aliphatic carbocycles. The summed E-state index contributed by atoms with van der Waals surface area (Å²) in [5.74, 6) is -0.727. The standard InChI is InChI=1S/C7H11NO2/c9-6(10)5-3-8-4-7(5)1-2-7/h5,8H,1-4H2,(H,9,10). The van der Waals surface area contributed by atoms with Crippen molar-refractivity contribution in [3.63, 3.8) is 0 Å². The van der Waals surface area contributed by atoms with Gasteiger partial charge in [-0.3, -0.25) is 4.79 Å². The summed E-state index contributed by atoms with van der Waals surface area (Å²) in [5.41, 5.74) is 0.172. The van der Waals surface area contributed by atoms with Gasteiger partial charge in [0.25, 0.3) is 0 Å². The first-order chi connectivity index (χ1) is 4.75. The normalized spacial score (nSPS) is 34.6. The molecular formula is C7H11NO2. The minimum Gasteiger partial charge on any atom is -0.481 e. The fourth-order valence-electron chi connectivity index (χ4n) is 1.84. The van der Waals surface area contributed by atoms with Crippen LogP contribution in [0.15, 0.2) is 0 Å². The van der Waals surface area contributed by atoms with Crippen LogP contribution in [0.1, 0.15) is 12.8 Å². The molecule has 3 heteroatoms. The molecule has 1 saturated heterocycles. The zero-order chi connectivity index (χ0) is 7.19. The van der Waals surface area contributed by atoms with Crippen molar-refractivity contribution in [1.82, 2.24) is 5.32 Å². The van der Waals surface area contributed by atoms with Crippen LogP contribution in [-0.4, -0.2) is 24.2 Å². The molecule has 10 heavy (non-hydrogen) atoms. The third-order valence-electron chi connectivity index (χ3n) is 2.76. The van der Waals surface area contributed by atoms with Crippen LogP contribution in [0.3, 0.4) is 0 Å². The molecule has 1 spiro atoms. The van der Waals surface area contributed by atoms with Gasteiger partial charge in [0.05, 0.1) is 5.92 Å². The SMILES string of the molecule is O=C(O)C1CNCC12CC2. The Balaban J connectivity index is 2.14. The minimum absolute atomic E-state index is 0.104. The van der Waals surface area contributed by atoms with E-state index in [1.807, 2.05) is 0 Å². The van der Waals surface area contributed by atoms with Crippen molar-refractivity contribution in [2.45, 2.75) is 12.8 Å². The second kappa shape index (κ2) is 1.72. The van der Waals surface area contributed by atoms with Crippen molar-refractivity contribution in [3.05, 3.63) is 0 Å². The second-order valence-electron chi connectivity index (χ2n) is 3.38. The molecule has 0 aromatic carbocycles. The Labute approximate surface area is 59.4 Å². The highest BCUT2D eigenvalue weighted by Crippen LogP contribution is 2.53. The zero-order valence-electron chi connectivity index (χ0n) is 5.76. The summed E-state index contributed by atoms with van der Waals surface area (Å²) in [7, 11) is 0. The van der Waals surface area contributed by atoms with Crippen molar-refractivity contribution in [2.75, 3.05) is 13.1 Å². The van der Waals surface area contributed by atoms with Crippen molar-refractivity contribution in [3.8, 4) is 0 Å². The van der Waals surface area contributed by atoms with E-state index < -0.39 is 5.97 Å². The first kappa shape index (κ1) is 6.16. The van der Waals surface area contributed by atoms with Crippen molar-refractivity contribution in [1.29, 1.82) is 0 Å². The van der Waals surface area contributed by atoms with Gasteiger partial charge < -0.3 is 10.4 Å². The van der Waals surface area contributed by atoms with Crippen LogP contribution in [0.2, 0.25) is 0 Å². The smallest absolute Gasteiger partial charge is 0.308 e. The van der Waals surface area contributed by atoms with Gasteiger partial charge in [-0.05, 0) is 18.3 Å². The highest BCUT2D eigenvalue weighted by Gasteiger charge is 2.55. The molecule has 2 fully saturated rings. The molecule has 2 aliphatic rings. The fraction of sp³-hybridized carbons (Fsp3) is 0.857. The Morgan fingerprint density at radius 3 is 2.70 bits per heavy atom. The van der Waals surface area contributed by atoms with Crippen LogP contribution >= 0.6 is 0 Å². The number of nitrogens with one attached hydrogen (secondary N) is 1. The molecule has 1 aliphatic heterocycles. The maximum atomic E-state index is 10.6. The van der Waals surface area contributed by atoms with Gasteiger partial charge >= 0.3 is 5.97 Å². The lowest BCUT2D eigenvalue weighted by molar-refractivity contribution is -0.142. The molecule has 0 amide bonds. The van der Waals surface area contributed by atoms with Crippen LogP contribution in [-0.2, 0) is 4.79 Å². The molecule has 2 rings (SSSR count). The number of carboxylic acids is 1. The van der Waals surface area contributed by atoms with E-state index >= 15 is 0 Å². The molecule has 1 saturated carbocycles. The summed E-state index contributed by atoms with van der Waals surface area (Å²) >= 11 is 0. The monoisotopic (exact) mass is 141 g/mol. The molecule has 56 valence electrons. The number of aliphatic carboxylic acids is 1. The lowest BCUT2D eigenvalue weighted by atomic mass is 9.93. The maximum Gasteiger partial charge on any atom is 0.308 e. The molecule has 0 bridgehead atoms. The van der Waals surface area contributed by atoms with Gasteiger partial charge in [0.1, 0.15) is 0 Å². The Bertz CT molecular complexity index is 174. The maximum absolute atomic E-state index is 10.6. The van der Waals surface area contributed by atoms with E-state index in [4.69, 9.17) is 5.11 Å². The van der Waals surface area contributed by atoms with E-state index in [0.29, 0.717) is 6.54 Å². The summed E-state index contributed by atoms with van der Waals surface area (Å²) in [6.45, 7) is 1.60. The van der Waals surface area contributed by atoms with Crippen molar-refractivity contribution < 1.29 is 9.90 Å². The van der Waals surface area contributed by atoms with Crippen molar-refractivity contribution in [2.24, 2.45) is 11.3 Å². The van der Waals surface area contributed by atoms with Crippen molar-refractivity contribution >= 4 is 5.97 Å². The van der Waals surface area contributed by atoms with E-state index in [9.17, 15) is 4.79 Å². The number of hydrogen-bond donors (Lipinski definition) is 2. The van der Waals surface area contributed by atoms with Crippen LogP contribution in [0.4, 0.5) is 0 Å². The lowest BCUT2D eigenvalue weighted by Gasteiger charge is -2.10. The molecule has 0 radical (unpaired) electrons. The Hall–Kier alpha value is -0.570. The quantitative estimate of drug-likeness (QED) is 0.543. The zero-order valence-corrected chi connectivity index (χ0v) is 5.76. The topological polar surface area (TPSA) is 49.3 Å². The number of carbonyl (C=O) groups is 1. The number of hydrogen-bond acceptors (Lipinski definition) is 2. The van der Waals surface area contributed by atoms with E-state index in [0.717, 1.165) is 19.4 Å². The molecule has 1 unspecified atom stereocenters. The van der Waals surface area contributed by atoms with Crippen LogP contribution < -0.4 is 5.32 Å². The average Bonchev–Trinajstić information content (AvgIpc) is 2.42. The minimum atomic E-state index is -0.623. The number of carboxylic acid groups (broad SMARTS) is 1. The predicted octanol–water partition coefficient (Wildman–Crippen LogP) is 0.0706. The van der Waals surface area contributed by atoms with E-state index in [1.54, 1.807) is 0 Å². The molecule has 0 aromatic rings. The van der Waals surface area contributed by atoms with Gasteiger partial charge in [0.15, 0.2) is 0 Å². The van der Waals surface area contributed by atoms with Gasteiger partial charge in [-0.2, -0.15) is 0 Å². The number of rotatable bonds is 1. The summed E-state index contributed by atoms with van der Waals surface area (Å²) in [6.07, 6.45) is 2.22. The van der Waals surface area contributed by atoms with Gasteiger partial charge in [-0.1, -0.05) is 0 Å². The summed E-state index contributed by atoms with van der Waals surface area (Å²) in [4.78, 5) is 10.6. The Kier molecular flexibility index (Phi) is 1.06. The third-order valence-corrected chi connectivity index (χ3v) is 2.76. The Morgan fingerprint density at radius 2 is 2.30 bits per heavy atom. The lowest BCUT2D eigenvalue weighted by Crippen LogP contribution is -2.22. The van der Waals surface area contributed by atoms with E-state index in [1.165, 1.54) is 0 Å². The first-order valence-electron chi connectivity index (χ1n) is 3.68. The summed E-state index contributed by atoms with van der Waals surface area (Å²) < 4.78 is 0. The van der Waals surface area contributed by atoms with E-state index in [2.05, 4.69) is 5.32 Å². The Morgan fingerprint density at radius 1 is 1.60 bits per heavy atom. The average molecular weight is 141 g/mol.